The van der Waals surface area contributed by atoms with Gasteiger partial charge in [-0.15, -0.1) is 0 Å². The molecule has 1 aliphatic heterocycles. The van der Waals surface area contributed by atoms with Gasteiger partial charge in [-0.2, -0.15) is 8.42 Å². The standard InChI is InChI=1S/C10H14O4S.C4H9NO/c1-6(2)8-5-10(15(12,13)14)7(3)4-9(8)11;1-3-6-4-2-5-1/h4-6,11H,1-3H3,(H,12,13,14);5H,1-4H2. The van der Waals surface area contributed by atoms with Crippen LogP contribution in [0.15, 0.2) is 17.0 Å². The molecule has 1 aromatic rings. The monoisotopic (exact) mass is 317 g/mol. The van der Waals surface area contributed by atoms with Gasteiger partial charge in [0.2, 0.25) is 0 Å². The summed E-state index contributed by atoms with van der Waals surface area (Å²) < 4.78 is 36.0. The first kappa shape index (κ1) is 17.9. The van der Waals surface area contributed by atoms with Gasteiger partial charge in [-0.05, 0) is 36.1 Å². The molecule has 1 heterocycles. The lowest BCUT2D eigenvalue weighted by Gasteiger charge is -2.11. The van der Waals surface area contributed by atoms with E-state index in [0.29, 0.717) is 11.1 Å². The number of morpholine rings is 1. The molecule has 3 N–H and O–H groups in total. The van der Waals surface area contributed by atoms with Gasteiger partial charge in [0.25, 0.3) is 10.1 Å². The molecule has 21 heavy (non-hydrogen) atoms. The van der Waals surface area contributed by atoms with Crippen molar-refractivity contribution in [2.45, 2.75) is 31.6 Å². The predicted molar refractivity (Wildman–Crippen MR) is 80.4 cm³/mol. The van der Waals surface area contributed by atoms with Gasteiger partial charge in [-0.25, -0.2) is 0 Å². The highest BCUT2D eigenvalue weighted by Crippen LogP contribution is 2.30. The third-order valence-electron chi connectivity index (χ3n) is 3.07. The van der Waals surface area contributed by atoms with Gasteiger partial charge < -0.3 is 15.2 Å². The smallest absolute Gasteiger partial charge is 0.294 e. The van der Waals surface area contributed by atoms with E-state index in [0.717, 1.165) is 26.3 Å². The first-order valence-electron chi connectivity index (χ1n) is 6.83. The van der Waals surface area contributed by atoms with E-state index in [1.807, 2.05) is 13.8 Å². The molecular weight excluding hydrogens is 294 g/mol. The second-order valence-corrected chi connectivity index (χ2v) is 6.56. The summed E-state index contributed by atoms with van der Waals surface area (Å²) in [4.78, 5) is -0.149. The van der Waals surface area contributed by atoms with Crippen LogP contribution >= 0.6 is 0 Å². The number of phenols is 1. The van der Waals surface area contributed by atoms with E-state index in [-0.39, 0.29) is 16.6 Å². The molecule has 0 atom stereocenters. The number of ether oxygens (including phenoxy) is 1. The Balaban J connectivity index is 0.000000304. The lowest BCUT2D eigenvalue weighted by molar-refractivity contribution is 0.109. The van der Waals surface area contributed by atoms with Crippen LogP contribution in [0, 0.1) is 6.92 Å². The Labute approximate surface area is 125 Å². The Bertz CT molecular complexity index is 553. The van der Waals surface area contributed by atoms with Gasteiger partial charge in [0.1, 0.15) is 5.75 Å². The third kappa shape index (κ3) is 5.62. The number of rotatable bonds is 2. The van der Waals surface area contributed by atoms with Crippen molar-refractivity contribution in [2.75, 3.05) is 26.3 Å². The molecule has 0 bridgehead atoms. The van der Waals surface area contributed by atoms with E-state index in [2.05, 4.69) is 5.32 Å². The van der Waals surface area contributed by atoms with E-state index >= 15 is 0 Å². The largest absolute Gasteiger partial charge is 0.508 e. The van der Waals surface area contributed by atoms with Crippen molar-refractivity contribution in [3.05, 3.63) is 23.3 Å². The Morgan fingerprint density at radius 3 is 2.14 bits per heavy atom. The Morgan fingerprint density at radius 2 is 1.81 bits per heavy atom. The third-order valence-corrected chi connectivity index (χ3v) is 4.07. The van der Waals surface area contributed by atoms with Crippen LogP contribution in [0.25, 0.3) is 0 Å². The van der Waals surface area contributed by atoms with Crippen LogP contribution in [0.4, 0.5) is 0 Å². The molecule has 0 radical (unpaired) electrons. The molecule has 0 amide bonds. The van der Waals surface area contributed by atoms with Crippen molar-refractivity contribution in [1.29, 1.82) is 0 Å². The molecule has 0 aromatic heterocycles. The molecule has 0 aliphatic carbocycles. The number of benzene rings is 1. The van der Waals surface area contributed by atoms with Crippen molar-refractivity contribution in [1.82, 2.24) is 5.32 Å². The van der Waals surface area contributed by atoms with Crippen molar-refractivity contribution in [3.63, 3.8) is 0 Å². The highest BCUT2D eigenvalue weighted by Gasteiger charge is 2.17. The lowest BCUT2D eigenvalue weighted by atomic mass is 10.0. The summed E-state index contributed by atoms with van der Waals surface area (Å²) in [7, 11) is -4.22. The minimum Gasteiger partial charge on any atom is -0.508 e. The summed E-state index contributed by atoms with van der Waals surface area (Å²) in [6, 6.07) is 2.66. The number of aryl methyl sites for hydroxylation is 1. The highest BCUT2D eigenvalue weighted by molar-refractivity contribution is 7.85. The van der Waals surface area contributed by atoms with Crippen LogP contribution in [0.3, 0.4) is 0 Å². The van der Waals surface area contributed by atoms with Crippen molar-refractivity contribution < 1.29 is 22.8 Å². The van der Waals surface area contributed by atoms with Gasteiger partial charge in [0.05, 0.1) is 18.1 Å². The van der Waals surface area contributed by atoms with E-state index in [1.54, 1.807) is 0 Å². The molecule has 1 fully saturated rings. The Morgan fingerprint density at radius 1 is 1.24 bits per heavy atom. The SMILES string of the molecule is C1COCCN1.Cc1cc(O)c(C(C)C)cc1S(=O)(=O)O. The Kier molecular flexibility index (Phi) is 6.60. The minimum absolute atomic E-state index is 0.00824. The van der Waals surface area contributed by atoms with Crippen molar-refractivity contribution >= 4 is 10.1 Å². The quantitative estimate of drug-likeness (QED) is 0.718. The maximum atomic E-state index is 11.0. The summed E-state index contributed by atoms with van der Waals surface area (Å²) in [5.41, 5.74) is 0.840. The van der Waals surface area contributed by atoms with Crippen LogP contribution < -0.4 is 5.32 Å². The normalized spacial score (nSPS) is 15.5. The summed E-state index contributed by atoms with van der Waals surface area (Å²) in [5, 5.41) is 12.7. The van der Waals surface area contributed by atoms with Gasteiger partial charge >= 0.3 is 0 Å². The van der Waals surface area contributed by atoms with Crippen molar-refractivity contribution in [3.8, 4) is 5.75 Å². The van der Waals surface area contributed by atoms with Crippen LogP contribution in [0.2, 0.25) is 0 Å². The average Bonchev–Trinajstić information content (AvgIpc) is 2.39. The van der Waals surface area contributed by atoms with Gasteiger partial charge in [-0.3, -0.25) is 4.55 Å². The number of hydrogen-bond acceptors (Lipinski definition) is 5. The molecule has 2 rings (SSSR count). The summed E-state index contributed by atoms with van der Waals surface area (Å²) in [5.74, 6) is 0.0426. The number of hydrogen-bond donors (Lipinski definition) is 3. The molecular formula is C14H23NO5S. The van der Waals surface area contributed by atoms with Crippen LogP contribution in [0.1, 0.15) is 30.9 Å². The Hall–Kier alpha value is -1.15. The second kappa shape index (κ2) is 7.74. The number of phenolic OH excluding ortho intramolecular Hbond substituents is 1. The molecule has 120 valence electrons. The predicted octanol–water partition coefficient (Wildman–Crippen LogP) is 1.68. The van der Waals surface area contributed by atoms with Crippen LogP contribution in [0.5, 0.6) is 5.75 Å². The molecule has 0 unspecified atom stereocenters. The minimum atomic E-state index is -4.22. The fourth-order valence-corrected chi connectivity index (χ4v) is 2.69. The molecule has 1 saturated heterocycles. The maximum absolute atomic E-state index is 11.0. The highest BCUT2D eigenvalue weighted by atomic mass is 32.2. The van der Waals surface area contributed by atoms with Crippen LogP contribution in [-0.2, 0) is 14.9 Å². The summed E-state index contributed by atoms with van der Waals surface area (Å²) >= 11 is 0. The van der Waals surface area contributed by atoms with Gasteiger partial charge in [0, 0.05) is 13.1 Å². The first-order valence-corrected chi connectivity index (χ1v) is 8.27. The molecule has 7 heteroatoms. The number of aromatic hydroxyl groups is 1. The van der Waals surface area contributed by atoms with E-state index in [9.17, 15) is 13.5 Å². The number of nitrogens with one attached hydrogen (secondary N) is 1. The zero-order valence-corrected chi connectivity index (χ0v) is 13.4. The molecule has 6 nitrogen and oxygen atoms in total. The van der Waals surface area contributed by atoms with E-state index in [4.69, 9.17) is 9.29 Å². The first-order chi connectivity index (χ1) is 9.73. The van der Waals surface area contributed by atoms with Crippen molar-refractivity contribution in [2.24, 2.45) is 0 Å². The fourth-order valence-electron chi connectivity index (χ4n) is 1.94. The van der Waals surface area contributed by atoms with Gasteiger partial charge in [0.15, 0.2) is 0 Å². The molecule has 1 aromatic carbocycles. The molecule has 0 saturated carbocycles. The zero-order valence-electron chi connectivity index (χ0n) is 12.6. The zero-order chi connectivity index (χ0) is 16.0. The molecule has 1 aliphatic rings. The lowest BCUT2D eigenvalue weighted by Crippen LogP contribution is -2.30. The summed E-state index contributed by atoms with van der Waals surface area (Å²) in [6.07, 6.45) is 0. The van der Waals surface area contributed by atoms with Gasteiger partial charge in [-0.1, -0.05) is 13.8 Å². The van der Waals surface area contributed by atoms with E-state index < -0.39 is 10.1 Å². The van der Waals surface area contributed by atoms with Crippen LogP contribution in [-0.4, -0.2) is 44.4 Å². The summed E-state index contributed by atoms with van der Waals surface area (Å²) in [6.45, 7) is 9.02. The maximum Gasteiger partial charge on any atom is 0.294 e. The van der Waals surface area contributed by atoms with E-state index in [1.165, 1.54) is 19.1 Å². The average molecular weight is 317 g/mol. The topological polar surface area (TPSA) is 95.9 Å². The molecule has 0 spiro atoms. The fraction of sp³-hybridized carbons (Fsp3) is 0.571. The second-order valence-electron chi connectivity index (χ2n) is 5.17.